The summed E-state index contributed by atoms with van der Waals surface area (Å²) in [5.74, 6) is 0. The van der Waals surface area contributed by atoms with Crippen LogP contribution < -0.4 is 0 Å². The Bertz CT molecular complexity index is 194. The van der Waals surface area contributed by atoms with Gasteiger partial charge < -0.3 is 4.52 Å². The van der Waals surface area contributed by atoms with E-state index in [1.54, 1.807) is 0 Å². The van der Waals surface area contributed by atoms with Gasteiger partial charge in [0.05, 0.1) is 6.61 Å². The number of rotatable bonds is 21. The van der Waals surface area contributed by atoms with Crippen LogP contribution in [0.5, 0.6) is 0 Å². The summed E-state index contributed by atoms with van der Waals surface area (Å²) in [6.45, 7) is 7.92. The predicted octanol–water partition coefficient (Wildman–Crippen LogP) is 9.09. The first kappa shape index (κ1) is 25.4. The molecular weight excluding hydrogens is 323 g/mol. The molecule has 0 N–H and O–H groups in total. The number of hydrogen-bond acceptors (Lipinski definition) is 1. The molecule has 2 heteroatoms. The minimum absolute atomic E-state index is 0.134. The molecule has 0 atom stereocenters. The zero-order valence-electron chi connectivity index (χ0n) is 18.0. The Labute approximate surface area is 161 Å². The van der Waals surface area contributed by atoms with Crippen LogP contribution >= 0.6 is 8.15 Å². The quantitative estimate of drug-likeness (QED) is 0.144. The number of hydrogen-bond donors (Lipinski definition) is 0. The van der Waals surface area contributed by atoms with E-state index in [2.05, 4.69) is 20.8 Å². The lowest BCUT2D eigenvalue weighted by Crippen LogP contribution is -1.98. The molecule has 25 heavy (non-hydrogen) atoms. The summed E-state index contributed by atoms with van der Waals surface area (Å²) in [7, 11) is -0.134. The fraction of sp³-hybridized carbons (Fsp3) is 1.00. The molecule has 0 aromatic carbocycles. The zero-order chi connectivity index (χ0) is 18.4. The first-order chi connectivity index (χ1) is 12.3. The summed E-state index contributed by atoms with van der Waals surface area (Å²) in [4.78, 5) is 0. The fourth-order valence-corrected chi connectivity index (χ4v) is 5.30. The van der Waals surface area contributed by atoms with Gasteiger partial charge in [-0.3, -0.25) is 0 Å². The normalized spacial score (nSPS) is 11.5. The summed E-state index contributed by atoms with van der Waals surface area (Å²) in [5.41, 5.74) is 0. The van der Waals surface area contributed by atoms with Crippen molar-refractivity contribution in [1.29, 1.82) is 0 Å². The van der Waals surface area contributed by atoms with Crippen LogP contribution in [0.15, 0.2) is 0 Å². The molecule has 0 amide bonds. The van der Waals surface area contributed by atoms with Crippen molar-refractivity contribution < 1.29 is 4.52 Å². The van der Waals surface area contributed by atoms with Crippen LogP contribution in [-0.4, -0.2) is 18.9 Å². The molecule has 0 aromatic heterocycles. The smallest absolute Gasteiger partial charge is 0.0508 e. The van der Waals surface area contributed by atoms with E-state index in [1.165, 1.54) is 121 Å². The molecule has 0 saturated carbocycles. The van der Waals surface area contributed by atoms with E-state index in [4.69, 9.17) is 4.52 Å². The van der Waals surface area contributed by atoms with Crippen LogP contribution in [0, 0.1) is 0 Å². The maximum atomic E-state index is 6.34. The average Bonchev–Trinajstić information content (AvgIpc) is 2.63. The molecule has 0 saturated heterocycles. The van der Waals surface area contributed by atoms with Gasteiger partial charge in [-0.05, 0) is 31.6 Å². The molecule has 1 nitrogen and oxygen atoms in total. The van der Waals surface area contributed by atoms with Gasteiger partial charge in [0.15, 0.2) is 0 Å². The largest absolute Gasteiger partial charge is 0.359 e. The lowest BCUT2D eigenvalue weighted by Gasteiger charge is -2.18. The lowest BCUT2D eigenvalue weighted by molar-refractivity contribution is 0.334. The van der Waals surface area contributed by atoms with Crippen molar-refractivity contribution in [3.05, 3.63) is 0 Å². The third-order valence-electron chi connectivity index (χ3n) is 5.04. The van der Waals surface area contributed by atoms with Crippen LogP contribution in [0.3, 0.4) is 0 Å². The van der Waals surface area contributed by atoms with Crippen LogP contribution in [-0.2, 0) is 4.52 Å². The Balaban J connectivity index is 3.76. The molecule has 0 aromatic rings. The predicted molar refractivity (Wildman–Crippen MR) is 118 cm³/mol. The second-order valence-electron chi connectivity index (χ2n) is 7.71. The summed E-state index contributed by atoms with van der Waals surface area (Å²) in [6, 6.07) is 0. The molecule has 0 unspecified atom stereocenters. The first-order valence-electron chi connectivity index (χ1n) is 11.7. The van der Waals surface area contributed by atoms with Crippen molar-refractivity contribution in [3.63, 3.8) is 0 Å². The van der Waals surface area contributed by atoms with Gasteiger partial charge in [0.1, 0.15) is 0 Å². The van der Waals surface area contributed by atoms with Crippen molar-refractivity contribution in [2.75, 3.05) is 18.9 Å². The van der Waals surface area contributed by atoms with Crippen LogP contribution in [0.25, 0.3) is 0 Å². The Morgan fingerprint density at radius 2 is 0.800 bits per heavy atom. The first-order valence-corrected chi connectivity index (χ1v) is 13.4. The SMILES string of the molecule is CCCCCCCCP(CCCCCCCC)OCCCCCCC. The van der Waals surface area contributed by atoms with Crippen molar-refractivity contribution in [3.8, 4) is 0 Å². The van der Waals surface area contributed by atoms with Crippen molar-refractivity contribution in [2.45, 2.75) is 130 Å². The monoisotopic (exact) mass is 372 g/mol. The van der Waals surface area contributed by atoms with Crippen LogP contribution in [0.2, 0.25) is 0 Å². The van der Waals surface area contributed by atoms with Gasteiger partial charge in [0.2, 0.25) is 0 Å². The number of unbranched alkanes of at least 4 members (excludes halogenated alkanes) is 14. The van der Waals surface area contributed by atoms with Crippen molar-refractivity contribution in [2.24, 2.45) is 0 Å². The van der Waals surface area contributed by atoms with Gasteiger partial charge in [-0.1, -0.05) is 111 Å². The zero-order valence-corrected chi connectivity index (χ0v) is 18.9. The highest BCUT2D eigenvalue weighted by atomic mass is 31.1. The Kier molecular flexibility index (Phi) is 22.8. The maximum absolute atomic E-state index is 6.34. The molecular formula is C23H49OP. The van der Waals surface area contributed by atoms with Gasteiger partial charge in [-0.15, -0.1) is 0 Å². The van der Waals surface area contributed by atoms with Crippen molar-refractivity contribution in [1.82, 2.24) is 0 Å². The summed E-state index contributed by atoms with van der Waals surface area (Å²) < 4.78 is 6.34. The lowest BCUT2D eigenvalue weighted by atomic mass is 10.1. The molecule has 0 aliphatic rings. The fourth-order valence-electron chi connectivity index (χ4n) is 3.28. The highest BCUT2D eigenvalue weighted by Crippen LogP contribution is 2.39. The highest BCUT2D eigenvalue weighted by Gasteiger charge is 2.09. The second-order valence-corrected chi connectivity index (χ2v) is 9.83. The van der Waals surface area contributed by atoms with E-state index in [9.17, 15) is 0 Å². The molecule has 0 bridgehead atoms. The Morgan fingerprint density at radius 3 is 1.24 bits per heavy atom. The van der Waals surface area contributed by atoms with Gasteiger partial charge in [-0.2, -0.15) is 0 Å². The highest BCUT2D eigenvalue weighted by molar-refractivity contribution is 7.52. The van der Waals surface area contributed by atoms with E-state index >= 15 is 0 Å². The standard InChI is InChI=1S/C23H49OP/c1-4-7-10-13-16-19-22-25(23-20-17-14-11-8-5-2)24-21-18-15-12-9-6-3/h4-23H2,1-3H3. The van der Waals surface area contributed by atoms with E-state index in [0.29, 0.717) is 0 Å². The Hall–Kier alpha value is 0.390. The van der Waals surface area contributed by atoms with Crippen molar-refractivity contribution >= 4 is 8.15 Å². The molecule has 0 heterocycles. The topological polar surface area (TPSA) is 9.23 Å². The third kappa shape index (κ3) is 20.6. The minimum Gasteiger partial charge on any atom is -0.359 e. The van der Waals surface area contributed by atoms with Gasteiger partial charge >= 0.3 is 0 Å². The summed E-state index contributed by atoms with van der Waals surface area (Å²) in [6.07, 6.45) is 26.4. The molecule has 152 valence electrons. The minimum atomic E-state index is -0.134. The average molecular weight is 373 g/mol. The second kappa shape index (κ2) is 22.4. The summed E-state index contributed by atoms with van der Waals surface area (Å²) in [5, 5.41) is 0. The van der Waals surface area contributed by atoms with Crippen LogP contribution in [0.4, 0.5) is 0 Å². The molecule has 0 aliphatic heterocycles. The van der Waals surface area contributed by atoms with Gasteiger partial charge in [-0.25, -0.2) is 0 Å². The molecule has 0 fully saturated rings. The molecule has 0 radical (unpaired) electrons. The molecule has 0 rings (SSSR count). The van der Waals surface area contributed by atoms with E-state index < -0.39 is 0 Å². The van der Waals surface area contributed by atoms with Gasteiger partial charge in [0.25, 0.3) is 0 Å². The third-order valence-corrected chi connectivity index (χ3v) is 7.22. The summed E-state index contributed by atoms with van der Waals surface area (Å²) >= 11 is 0. The van der Waals surface area contributed by atoms with E-state index in [0.717, 1.165) is 6.61 Å². The maximum Gasteiger partial charge on any atom is 0.0508 e. The Morgan fingerprint density at radius 1 is 0.440 bits per heavy atom. The molecule has 0 aliphatic carbocycles. The molecule has 0 spiro atoms. The van der Waals surface area contributed by atoms with Crippen LogP contribution in [0.1, 0.15) is 130 Å². The van der Waals surface area contributed by atoms with E-state index in [-0.39, 0.29) is 8.15 Å². The van der Waals surface area contributed by atoms with E-state index in [1.807, 2.05) is 0 Å². The van der Waals surface area contributed by atoms with Gasteiger partial charge in [0, 0.05) is 8.15 Å².